The van der Waals surface area contributed by atoms with E-state index in [1.165, 1.54) is 10.9 Å². The minimum Gasteiger partial charge on any atom is -0.480 e. The molecule has 3 N–H and O–H groups in total. The molecule has 0 aliphatic heterocycles. The van der Waals surface area contributed by atoms with Crippen molar-refractivity contribution in [2.75, 3.05) is 18.2 Å². The van der Waals surface area contributed by atoms with Crippen LogP contribution in [0.5, 0.6) is 5.88 Å². The van der Waals surface area contributed by atoms with E-state index in [4.69, 9.17) is 15.5 Å². The highest BCUT2D eigenvalue weighted by Crippen LogP contribution is 2.50. The first-order valence-corrected chi connectivity index (χ1v) is 12.2. The maximum atomic E-state index is 13.1. The lowest BCUT2D eigenvalue weighted by Gasteiger charge is -2.21. The third-order valence-electron chi connectivity index (χ3n) is 7.01. The summed E-state index contributed by atoms with van der Waals surface area (Å²) in [5, 5.41) is 3.49. The van der Waals surface area contributed by atoms with E-state index in [1.807, 2.05) is 12.1 Å². The molecule has 0 unspecified atom stereocenters. The Labute approximate surface area is 216 Å². The molecule has 2 saturated carbocycles. The van der Waals surface area contributed by atoms with Crippen LogP contribution in [-0.2, 0) is 18.8 Å². The minimum atomic E-state index is -4.50. The number of nitrogen functional groups attached to an aromatic ring is 1. The van der Waals surface area contributed by atoms with Crippen LogP contribution in [-0.4, -0.2) is 36.6 Å². The van der Waals surface area contributed by atoms with Crippen LogP contribution in [0.1, 0.15) is 48.6 Å². The van der Waals surface area contributed by atoms with E-state index in [1.54, 1.807) is 32.5 Å². The van der Waals surface area contributed by atoms with Crippen molar-refractivity contribution in [3.8, 4) is 28.7 Å². The van der Waals surface area contributed by atoms with Crippen molar-refractivity contribution in [3.63, 3.8) is 0 Å². The molecule has 0 radical (unpaired) electrons. The molecule has 0 spiro atoms. The number of methoxy groups -OCH3 is 1. The van der Waals surface area contributed by atoms with Gasteiger partial charge in [-0.15, -0.1) is 0 Å². The Morgan fingerprint density at radius 2 is 1.82 bits per heavy atom. The lowest BCUT2D eigenvalue weighted by Crippen LogP contribution is -2.21. The Hall–Kier alpha value is -4.22. The van der Waals surface area contributed by atoms with E-state index < -0.39 is 17.4 Å². The number of nitrogens with two attached hydrogens (primary N) is 1. The van der Waals surface area contributed by atoms with Crippen molar-refractivity contribution in [3.05, 3.63) is 59.9 Å². The molecular formula is C26H25F3N8O. The van der Waals surface area contributed by atoms with Crippen LogP contribution in [0.25, 0.3) is 22.8 Å². The van der Waals surface area contributed by atoms with Crippen LogP contribution in [0.3, 0.4) is 0 Å². The quantitative estimate of drug-likeness (QED) is 0.351. The van der Waals surface area contributed by atoms with E-state index in [-0.39, 0.29) is 5.82 Å². The van der Waals surface area contributed by atoms with Gasteiger partial charge in [-0.1, -0.05) is 24.3 Å². The van der Waals surface area contributed by atoms with Crippen molar-refractivity contribution in [2.24, 2.45) is 7.05 Å². The van der Waals surface area contributed by atoms with Gasteiger partial charge in [0.15, 0.2) is 17.3 Å². The normalized spacial score (nSPS) is 16.3. The number of rotatable bonds is 7. The first kappa shape index (κ1) is 24.1. The summed E-state index contributed by atoms with van der Waals surface area (Å²) < 4.78 is 46.1. The maximum absolute atomic E-state index is 13.1. The number of alkyl halides is 3. The molecule has 38 heavy (non-hydrogen) atoms. The second-order valence-corrected chi connectivity index (χ2v) is 9.76. The summed E-state index contributed by atoms with van der Waals surface area (Å²) in [7, 11) is 3.10. The smallest absolute Gasteiger partial charge is 0.434 e. The highest BCUT2D eigenvalue weighted by Gasteiger charge is 2.45. The minimum absolute atomic E-state index is 0.247. The van der Waals surface area contributed by atoms with Gasteiger partial charge in [0.25, 0.3) is 0 Å². The first-order valence-electron chi connectivity index (χ1n) is 12.2. The summed E-state index contributed by atoms with van der Waals surface area (Å²) in [6.45, 7) is 0. The predicted molar refractivity (Wildman–Crippen MR) is 134 cm³/mol. The van der Waals surface area contributed by atoms with E-state index in [0.29, 0.717) is 40.3 Å². The van der Waals surface area contributed by atoms with Crippen LogP contribution in [0.2, 0.25) is 0 Å². The van der Waals surface area contributed by atoms with Crippen molar-refractivity contribution < 1.29 is 17.9 Å². The van der Waals surface area contributed by atoms with Gasteiger partial charge in [0, 0.05) is 24.7 Å². The molecule has 0 saturated heterocycles. The van der Waals surface area contributed by atoms with Gasteiger partial charge in [0.2, 0.25) is 5.88 Å². The van der Waals surface area contributed by atoms with Gasteiger partial charge >= 0.3 is 6.18 Å². The molecule has 1 aromatic carbocycles. The van der Waals surface area contributed by atoms with E-state index in [0.717, 1.165) is 43.1 Å². The number of imidazole rings is 1. The van der Waals surface area contributed by atoms with Crippen molar-refractivity contribution in [1.82, 2.24) is 29.5 Å². The van der Waals surface area contributed by atoms with Gasteiger partial charge in [-0.05, 0) is 31.2 Å². The number of ether oxygens (including phenoxy) is 1. The standard InChI is InChI=1S/C26H25F3N8O/c1-37-12-18(26(27,28)29)34-23(37)15-5-7-16(8-6-15)25(9-10-25)36-21-17(30)11-31-22(35-21)19-20(14-3-4-14)32-13-33-24(19)38-2/h5-8,11-14H,3-4,9-10,30H2,1-2H3,(H,31,35,36). The molecular weight excluding hydrogens is 497 g/mol. The first-order chi connectivity index (χ1) is 18.2. The summed E-state index contributed by atoms with van der Waals surface area (Å²) in [4.78, 5) is 21.7. The van der Waals surface area contributed by atoms with Crippen LogP contribution in [0, 0.1) is 0 Å². The van der Waals surface area contributed by atoms with E-state index >= 15 is 0 Å². The maximum Gasteiger partial charge on any atom is 0.434 e. The van der Waals surface area contributed by atoms with Crippen molar-refractivity contribution >= 4 is 11.5 Å². The SMILES string of the molecule is COc1ncnc(C2CC2)c1-c1ncc(N)c(NC2(c3ccc(-c4nc(C(F)(F)F)cn4C)cc3)CC2)n1. The van der Waals surface area contributed by atoms with Crippen LogP contribution < -0.4 is 15.8 Å². The number of nitrogens with one attached hydrogen (secondary N) is 1. The molecule has 6 rings (SSSR count). The zero-order valence-corrected chi connectivity index (χ0v) is 20.8. The Morgan fingerprint density at radius 1 is 1.08 bits per heavy atom. The molecule has 2 fully saturated rings. The molecule has 0 atom stereocenters. The Kier molecular flexibility index (Phi) is 5.51. The fourth-order valence-corrected chi connectivity index (χ4v) is 4.67. The van der Waals surface area contributed by atoms with E-state index in [2.05, 4.69) is 25.3 Å². The average molecular weight is 523 g/mol. The third kappa shape index (κ3) is 4.29. The molecule has 4 aromatic rings. The monoisotopic (exact) mass is 522 g/mol. The fraction of sp³-hybridized carbons (Fsp3) is 0.346. The molecule has 3 aromatic heterocycles. The number of aryl methyl sites for hydroxylation is 1. The highest BCUT2D eigenvalue weighted by molar-refractivity contribution is 5.71. The summed E-state index contributed by atoms with van der Waals surface area (Å²) in [6, 6.07) is 7.36. The van der Waals surface area contributed by atoms with Crippen molar-refractivity contribution in [2.45, 2.75) is 43.3 Å². The third-order valence-corrected chi connectivity index (χ3v) is 7.01. The number of hydrogen-bond acceptors (Lipinski definition) is 8. The molecule has 196 valence electrons. The van der Waals surface area contributed by atoms with Crippen LogP contribution >= 0.6 is 0 Å². The Balaban J connectivity index is 1.29. The molecule has 0 amide bonds. The molecule has 0 bridgehead atoms. The number of benzene rings is 1. The lowest BCUT2D eigenvalue weighted by atomic mass is 10.0. The fourth-order valence-electron chi connectivity index (χ4n) is 4.67. The number of nitrogens with zero attached hydrogens (tertiary/aromatic N) is 6. The summed E-state index contributed by atoms with van der Waals surface area (Å²) >= 11 is 0. The predicted octanol–water partition coefficient (Wildman–Crippen LogP) is 4.92. The van der Waals surface area contributed by atoms with Gasteiger partial charge in [0.05, 0.1) is 30.2 Å². The van der Waals surface area contributed by atoms with Gasteiger partial charge < -0.3 is 20.4 Å². The molecule has 3 heterocycles. The second-order valence-electron chi connectivity index (χ2n) is 9.76. The van der Waals surface area contributed by atoms with Gasteiger partial charge in [0.1, 0.15) is 17.7 Å². The summed E-state index contributed by atoms with van der Waals surface area (Å²) in [6.07, 6.45) is 3.32. The number of hydrogen-bond donors (Lipinski definition) is 2. The Morgan fingerprint density at radius 3 is 2.42 bits per heavy atom. The Bertz CT molecular complexity index is 1510. The highest BCUT2D eigenvalue weighted by atomic mass is 19.4. The van der Waals surface area contributed by atoms with E-state index in [9.17, 15) is 13.2 Å². The average Bonchev–Trinajstić information content (AvgIpc) is 3.83. The largest absolute Gasteiger partial charge is 0.480 e. The summed E-state index contributed by atoms with van der Waals surface area (Å²) in [5.41, 5.74) is 8.45. The molecule has 2 aliphatic rings. The van der Waals surface area contributed by atoms with Gasteiger partial charge in [-0.25, -0.2) is 24.9 Å². The zero-order chi connectivity index (χ0) is 26.7. The zero-order valence-electron chi connectivity index (χ0n) is 20.8. The second kappa shape index (κ2) is 8.67. The number of anilines is 2. The summed E-state index contributed by atoms with van der Waals surface area (Å²) in [5.74, 6) is 1.92. The van der Waals surface area contributed by atoms with Crippen molar-refractivity contribution in [1.29, 1.82) is 0 Å². The van der Waals surface area contributed by atoms with Gasteiger partial charge in [-0.2, -0.15) is 13.2 Å². The number of aromatic nitrogens is 6. The van der Waals surface area contributed by atoms with Crippen LogP contribution in [0.4, 0.5) is 24.7 Å². The number of halogens is 3. The lowest BCUT2D eigenvalue weighted by molar-refractivity contribution is -0.140. The van der Waals surface area contributed by atoms with Gasteiger partial charge in [-0.3, -0.25) is 0 Å². The van der Waals surface area contributed by atoms with Crippen LogP contribution in [0.15, 0.2) is 43.0 Å². The molecule has 9 nitrogen and oxygen atoms in total. The molecule has 12 heteroatoms. The molecule has 2 aliphatic carbocycles. The topological polar surface area (TPSA) is 117 Å².